The number of hydrogen-bond donors (Lipinski definition) is 1. The second-order valence-corrected chi connectivity index (χ2v) is 8.04. The summed E-state index contributed by atoms with van der Waals surface area (Å²) in [5.41, 5.74) is 0.820. The summed E-state index contributed by atoms with van der Waals surface area (Å²) in [5.74, 6) is 2.19. The number of rotatable bonds is 6. The summed E-state index contributed by atoms with van der Waals surface area (Å²) in [7, 11) is 2.15. The summed E-state index contributed by atoms with van der Waals surface area (Å²) >= 11 is 0. The van der Waals surface area contributed by atoms with Crippen LogP contribution in [0.4, 0.5) is 11.5 Å². The van der Waals surface area contributed by atoms with Gasteiger partial charge in [-0.1, -0.05) is 26.2 Å². The number of anilines is 2. The predicted octanol–water partition coefficient (Wildman–Crippen LogP) is 3.77. The number of piperazine rings is 1. The average Bonchev–Trinajstić information content (AvgIpc) is 2.68. The van der Waals surface area contributed by atoms with E-state index in [0.717, 1.165) is 56.4 Å². The Bertz CT molecular complexity index is 558. The molecule has 0 spiro atoms. The molecule has 144 valence electrons. The number of nitrogens with one attached hydrogen (secondary N) is 1. The van der Waals surface area contributed by atoms with Crippen LogP contribution in [0.25, 0.3) is 0 Å². The highest BCUT2D eigenvalue weighted by atomic mass is 16.1. The standard InChI is InChI=1S/C21H34N4O/c1-3-4-5-17-6-8-18(9-7-17)21(26)23-19-10-11-20(22-16-19)25-14-12-24(2)13-15-25/h10-11,16-18H,3-9,12-15H2,1-2H3,(H,23,26). The zero-order valence-corrected chi connectivity index (χ0v) is 16.4. The van der Waals surface area contributed by atoms with Crippen molar-refractivity contribution in [3.63, 3.8) is 0 Å². The van der Waals surface area contributed by atoms with E-state index in [9.17, 15) is 4.79 Å². The van der Waals surface area contributed by atoms with Gasteiger partial charge >= 0.3 is 0 Å². The number of unbranched alkanes of at least 4 members (excludes halogenated alkanes) is 1. The first-order chi connectivity index (χ1) is 12.7. The third kappa shape index (κ3) is 5.19. The molecule has 0 bridgehead atoms. The molecule has 1 aliphatic carbocycles. The van der Waals surface area contributed by atoms with E-state index in [1.54, 1.807) is 6.20 Å². The Morgan fingerprint density at radius 2 is 1.88 bits per heavy atom. The SMILES string of the molecule is CCCCC1CCC(C(=O)Nc2ccc(N3CCN(C)CC3)nc2)CC1. The van der Waals surface area contributed by atoms with Crippen molar-refractivity contribution in [3.8, 4) is 0 Å². The highest BCUT2D eigenvalue weighted by Crippen LogP contribution is 2.32. The molecule has 0 radical (unpaired) electrons. The lowest BCUT2D eigenvalue weighted by Gasteiger charge is -2.33. The quantitative estimate of drug-likeness (QED) is 0.841. The average molecular weight is 359 g/mol. The van der Waals surface area contributed by atoms with Crippen LogP contribution in [0.1, 0.15) is 51.9 Å². The van der Waals surface area contributed by atoms with Gasteiger partial charge in [-0.2, -0.15) is 0 Å². The molecule has 0 atom stereocenters. The van der Waals surface area contributed by atoms with E-state index in [2.05, 4.69) is 34.1 Å². The van der Waals surface area contributed by atoms with E-state index in [0.29, 0.717) is 0 Å². The largest absolute Gasteiger partial charge is 0.354 e. The van der Waals surface area contributed by atoms with E-state index in [1.807, 2.05) is 12.1 Å². The van der Waals surface area contributed by atoms with Crippen LogP contribution in [0.5, 0.6) is 0 Å². The number of carbonyl (C=O) groups is 1. The third-order valence-electron chi connectivity index (χ3n) is 6.03. The Morgan fingerprint density at radius 1 is 1.15 bits per heavy atom. The Labute approximate surface area is 158 Å². The number of amides is 1. The Kier molecular flexibility index (Phi) is 6.89. The summed E-state index contributed by atoms with van der Waals surface area (Å²) in [6, 6.07) is 4.02. The van der Waals surface area contributed by atoms with Crippen molar-refractivity contribution in [2.45, 2.75) is 51.9 Å². The fourth-order valence-corrected chi connectivity index (χ4v) is 4.13. The lowest BCUT2D eigenvalue weighted by Crippen LogP contribution is -2.44. The van der Waals surface area contributed by atoms with Crippen LogP contribution >= 0.6 is 0 Å². The first kappa shape index (κ1) is 19.2. The molecule has 0 aromatic carbocycles. The molecular weight excluding hydrogens is 324 g/mol. The highest BCUT2D eigenvalue weighted by Gasteiger charge is 2.26. The molecule has 1 aromatic rings. The Hall–Kier alpha value is -1.62. The summed E-state index contributed by atoms with van der Waals surface area (Å²) in [6.45, 7) is 6.41. The molecule has 1 amide bonds. The van der Waals surface area contributed by atoms with Crippen LogP contribution in [0.15, 0.2) is 18.3 Å². The van der Waals surface area contributed by atoms with Gasteiger partial charge in [0.25, 0.3) is 0 Å². The number of aromatic nitrogens is 1. The van der Waals surface area contributed by atoms with Crippen LogP contribution in [0, 0.1) is 11.8 Å². The van der Waals surface area contributed by atoms with Crippen molar-refractivity contribution in [1.29, 1.82) is 0 Å². The van der Waals surface area contributed by atoms with Gasteiger partial charge < -0.3 is 15.1 Å². The van der Waals surface area contributed by atoms with Gasteiger partial charge in [0, 0.05) is 32.1 Å². The van der Waals surface area contributed by atoms with Gasteiger partial charge in [0.1, 0.15) is 5.82 Å². The van der Waals surface area contributed by atoms with Crippen LogP contribution < -0.4 is 10.2 Å². The molecule has 1 saturated carbocycles. The molecule has 3 rings (SSSR count). The predicted molar refractivity (Wildman–Crippen MR) is 108 cm³/mol. The summed E-state index contributed by atoms with van der Waals surface area (Å²) in [4.78, 5) is 21.8. The molecule has 5 heteroatoms. The minimum atomic E-state index is 0.171. The maximum Gasteiger partial charge on any atom is 0.227 e. The van der Waals surface area contributed by atoms with Crippen molar-refractivity contribution in [2.75, 3.05) is 43.4 Å². The molecule has 1 saturated heterocycles. The van der Waals surface area contributed by atoms with Crippen LogP contribution in [0.2, 0.25) is 0 Å². The summed E-state index contributed by atoms with van der Waals surface area (Å²) < 4.78 is 0. The monoisotopic (exact) mass is 358 g/mol. The van der Waals surface area contributed by atoms with Gasteiger partial charge in [-0.15, -0.1) is 0 Å². The van der Waals surface area contributed by atoms with Gasteiger partial charge in [-0.05, 0) is 50.8 Å². The highest BCUT2D eigenvalue weighted by molar-refractivity contribution is 5.92. The number of likely N-dealkylation sites (N-methyl/N-ethyl adjacent to an activating group) is 1. The minimum absolute atomic E-state index is 0.171. The van der Waals surface area contributed by atoms with Crippen LogP contribution in [-0.4, -0.2) is 49.0 Å². The molecule has 2 heterocycles. The molecule has 26 heavy (non-hydrogen) atoms. The summed E-state index contributed by atoms with van der Waals surface area (Å²) in [6.07, 6.45) is 10.2. The van der Waals surface area contributed by atoms with Crippen molar-refractivity contribution in [3.05, 3.63) is 18.3 Å². The lowest BCUT2D eigenvalue weighted by molar-refractivity contribution is -0.121. The zero-order chi connectivity index (χ0) is 18.4. The molecule has 2 fully saturated rings. The van der Waals surface area contributed by atoms with Crippen molar-refractivity contribution in [1.82, 2.24) is 9.88 Å². The normalized spacial score (nSPS) is 24.5. The van der Waals surface area contributed by atoms with Crippen molar-refractivity contribution in [2.24, 2.45) is 11.8 Å². The zero-order valence-electron chi connectivity index (χ0n) is 16.4. The molecule has 2 aliphatic rings. The van der Waals surface area contributed by atoms with Crippen LogP contribution in [-0.2, 0) is 4.79 Å². The Balaban J connectivity index is 1.46. The van der Waals surface area contributed by atoms with E-state index in [1.165, 1.54) is 32.1 Å². The summed E-state index contributed by atoms with van der Waals surface area (Å²) in [5, 5.41) is 3.08. The maximum atomic E-state index is 12.6. The fraction of sp³-hybridized carbons (Fsp3) is 0.714. The smallest absolute Gasteiger partial charge is 0.227 e. The molecule has 1 aliphatic heterocycles. The molecule has 0 unspecified atom stereocenters. The molecule has 1 N–H and O–H groups in total. The van der Waals surface area contributed by atoms with Gasteiger partial charge in [0.2, 0.25) is 5.91 Å². The third-order valence-corrected chi connectivity index (χ3v) is 6.03. The Morgan fingerprint density at radius 3 is 2.50 bits per heavy atom. The van der Waals surface area contributed by atoms with Gasteiger partial charge in [-0.25, -0.2) is 4.98 Å². The van der Waals surface area contributed by atoms with Gasteiger partial charge in [-0.3, -0.25) is 4.79 Å². The van der Waals surface area contributed by atoms with E-state index < -0.39 is 0 Å². The maximum absolute atomic E-state index is 12.6. The number of pyridine rings is 1. The molecule has 5 nitrogen and oxygen atoms in total. The second kappa shape index (κ2) is 9.36. The van der Waals surface area contributed by atoms with Crippen molar-refractivity contribution < 1.29 is 4.79 Å². The first-order valence-corrected chi connectivity index (χ1v) is 10.4. The second-order valence-electron chi connectivity index (χ2n) is 8.04. The fourth-order valence-electron chi connectivity index (χ4n) is 4.13. The van der Waals surface area contributed by atoms with E-state index >= 15 is 0 Å². The molecular formula is C21H34N4O. The lowest BCUT2D eigenvalue weighted by atomic mass is 9.79. The van der Waals surface area contributed by atoms with Gasteiger partial charge in [0.15, 0.2) is 0 Å². The minimum Gasteiger partial charge on any atom is -0.354 e. The molecule has 1 aromatic heterocycles. The van der Waals surface area contributed by atoms with Crippen LogP contribution in [0.3, 0.4) is 0 Å². The van der Waals surface area contributed by atoms with E-state index in [4.69, 9.17) is 0 Å². The topological polar surface area (TPSA) is 48.5 Å². The first-order valence-electron chi connectivity index (χ1n) is 10.4. The number of hydrogen-bond acceptors (Lipinski definition) is 4. The number of carbonyl (C=O) groups excluding carboxylic acids is 1. The van der Waals surface area contributed by atoms with Gasteiger partial charge in [0.05, 0.1) is 11.9 Å². The number of nitrogens with zero attached hydrogens (tertiary/aromatic N) is 3. The van der Waals surface area contributed by atoms with Crippen molar-refractivity contribution >= 4 is 17.4 Å². The van der Waals surface area contributed by atoms with E-state index in [-0.39, 0.29) is 11.8 Å².